The lowest BCUT2D eigenvalue weighted by Crippen LogP contribution is -1.69. The van der Waals surface area contributed by atoms with Gasteiger partial charge in [0.05, 0.1) is 0 Å². The highest BCUT2D eigenvalue weighted by Gasteiger charge is 1.78. The summed E-state index contributed by atoms with van der Waals surface area (Å²) in [6.45, 7) is 1.99. The van der Waals surface area contributed by atoms with Crippen molar-refractivity contribution in [2.24, 2.45) is 0 Å². The highest BCUT2D eigenvalue weighted by molar-refractivity contribution is 5.64. The SMILES string of the molecule is C/C=C/C=C/C=C/CCC/C=C/C=O. The van der Waals surface area contributed by atoms with Crippen molar-refractivity contribution in [1.29, 1.82) is 0 Å². The van der Waals surface area contributed by atoms with Crippen LogP contribution in [-0.2, 0) is 4.79 Å². The summed E-state index contributed by atoms with van der Waals surface area (Å²) in [6, 6.07) is 0. The highest BCUT2D eigenvalue weighted by Crippen LogP contribution is 1.97. The van der Waals surface area contributed by atoms with Gasteiger partial charge in [-0.25, -0.2) is 0 Å². The fraction of sp³-hybridized carbons (Fsp3) is 0.308. The largest absolute Gasteiger partial charge is 0.299 e. The van der Waals surface area contributed by atoms with E-state index in [2.05, 4.69) is 6.08 Å². The molecule has 0 aromatic rings. The first kappa shape index (κ1) is 12.6. The van der Waals surface area contributed by atoms with Crippen LogP contribution in [0.3, 0.4) is 0 Å². The number of hydrogen-bond donors (Lipinski definition) is 0. The average molecular weight is 190 g/mol. The van der Waals surface area contributed by atoms with E-state index in [4.69, 9.17) is 0 Å². The molecule has 0 aliphatic rings. The molecule has 0 amide bonds. The van der Waals surface area contributed by atoms with Crippen LogP contribution in [0.5, 0.6) is 0 Å². The molecule has 0 bridgehead atoms. The predicted octanol–water partition coefficient (Wildman–Crippen LogP) is 3.60. The predicted molar refractivity (Wildman–Crippen MR) is 62.1 cm³/mol. The van der Waals surface area contributed by atoms with E-state index >= 15 is 0 Å². The van der Waals surface area contributed by atoms with Crippen LogP contribution in [0.2, 0.25) is 0 Å². The van der Waals surface area contributed by atoms with Crippen LogP contribution in [0.4, 0.5) is 0 Å². The van der Waals surface area contributed by atoms with Crippen molar-refractivity contribution in [1.82, 2.24) is 0 Å². The van der Waals surface area contributed by atoms with Gasteiger partial charge in [0.25, 0.3) is 0 Å². The molecule has 0 rings (SSSR count). The van der Waals surface area contributed by atoms with Gasteiger partial charge in [0.15, 0.2) is 0 Å². The van der Waals surface area contributed by atoms with Crippen molar-refractivity contribution < 1.29 is 4.79 Å². The fourth-order valence-electron chi connectivity index (χ4n) is 0.920. The Labute approximate surface area is 86.5 Å². The lowest BCUT2D eigenvalue weighted by Gasteiger charge is -1.87. The van der Waals surface area contributed by atoms with Gasteiger partial charge < -0.3 is 0 Å². The molecule has 0 N–H and O–H groups in total. The zero-order valence-electron chi connectivity index (χ0n) is 8.73. The number of carbonyl (C=O) groups excluding carboxylic acids is 1. The maximum absolute atomic E-state index is 9.92. The molecule has 0 heterocycles. The lowest BCUT2D eigenvalue weighted by atomic mass is 10.2. The van der Waals surface area contributed by atoms with Gasteiger partial charge in [0, 0.05) is 0 Å². The molecule has 0 unspecified atom stereocenters. The zero-order chi connectivity index (χ0) is 10.5. The second-order valence-electron chi connectivity index (χ2n) is 2.83. The molecule has 0 radical (unpaired) electrons. The third kappa shape index (κ3) is 10.6. The van der Waals surface area contributed by atoms with Crippen molar-refractivity contribution in [3.63, 3.8) is 0 Å². The molecule has 0 aromatic heterocycles. The Kier molecular flexibility index (Phi) is 10.5. The zero-order valence-corrected chi connectivity index (χ0v) is 8.73. The number of aldehydes is 1. The second kappa shape index (κ2) is 11.6. The number of unbranched alkanes of at least 4 members (excludes halogenated alkanes) is 2. The minimum absolute atomic E-state index is 0.815. The van der Waals surface area contributed by atoms with Crippen LogP contribution in [0.15, 0.2) is 48.6 Å². The standard InChI is InChI=1S/C13H18O/c1-2-3-4-5-6-7-8-9-10-11-12-13-14/h2-7,11-13H,8-10H2,1H3/b3-2+,5-4+,7-6+,12-11+. The van der Waals surface area contributed by atoms with Crippen molar-refractivity contribution in [3.05, 3.63) is 48.6 Å². The lowest BCUT2D eigenvalue weighted by molar-refractivity contribution is -0.104. The van der Waals surface area contributed by atoms with Crippen LogP contribution in [0.25, 0.3) is 0 Å². The van der Waals surface area contributed by atoms with Gasteiger partial charge in [-0.05, 0) is 32.3 Å². The molecule has 0 saturated carbocycles. The molecule has 1 heteroatoms. The van der Waals surface area contributed by atoms with Crippen molar-refractivity contribution in [2.45, 2.75) is 26.2 Å². The second-order valence-corrected chi connectivity index (χ2v) is 2.83. The van der Waals surface area contributed by atoms with Gasteiger partial charge in [-0.3, -0.25) is 4.79 Å². The van der Waals surface area contributed by atoms with Crippen molar-refractivity contribution in [2.75, 3.05) is 0 Å². The summed E-state index contributed by atoms with van der Waals surface area (Å²) in [4.78, 5) is 9.92. The summed E-state index contributed by atoms with van der Waals surface area (Å²) in [6.07, 6.45) is 19.6. The van der Waals surface area contributed by atoms with E-state index in [-0.39, 0.29) is 0 Å². The van der Waals surface area contributed by atoms with E-state index in [9.17, 15) is 4.79 Å². The van der Waals surface area contributed by atoms with E-state index in [1.54, 1.807) is 6.08 Å². The van der Waals surface area contributed by atoms with Crippen molar-refractivity contribution >= 4 is 6.29 Å². The number of carbonyl (C=O) groups is 1. The Hall–Kier alpha value is -1.37. The summed E-state index contributed by atoms with van der Waals surface area (Å²) in [7, 11) is 0. The third-order valence-corrected chi connectivity index (χ3v) is 1.62. The van der Waals surface area contributed by atoms with Gasteiger partial charge in [-0.1, -0.05) is 42.5 Å². The van der Waals surface area contributed by atoms with Gasteiger partial charge >= 0.3 is 0 Å². The highest BCUT2D eigenvalue weighted by atomic mass is 16.1. The fourth-order valence-corrected chi connectivity index (χ4v) is 0.920. The van der Waals surface area contributed by atoms with Gasteiger partial charge in [0.1, 0.15) is 6.29 Å². The van der Waals surface area contributed by atoms with E-state index in [0.29, 0.717) is 0 Å². The summed E-state index contributed by atoms with van der Waals surface area (Å²) >= 11 is 0. The first-order valence-electron chi connectivity index (χ1n) is 4.96. The first-order chi connectivity index (χ1) is 6.91. The van der Waals surface area contributed by atoms with E-state index in [1.807, 2.05) is 43.4 Å². The van der Waals surface area contributed by atoms with Crippen LogP contribution < -0.4 is 0 Å². The normalized spacial score (nSPS) is 12.6. The first-order valence-corrected chi connectivity index (χ1v) is 4.96. The number of allylic oxidation sites excluding steroid dienone is 8. The summed E-state index contributed by atoms with van der Waals surface area (Å²) < 4.78 is 0. The minimum atomic E-state index is 0.815. The van der Waals surface area contributed by atoms with Crippen molar-refractivity contribution in [3.8, 4) is 0 Å². The number of rotatable bonds is 7. The molecule has 14 heavy (non-hydrogen) atoms. The van der Waals surface area contributed by atoms with Gasteiger partial charge in [-0.2, -0.15) is 0 Å². The molecular formula is C13H18O. The Morgan fingerprint density at radius 3 is 2.14 bits per heavy atom. The topological polar surface area (TPSA) is 17.1 Å². The van der Waals surface area contributed by atoms with E-state index in [1.165, 1.54) is 0 Å². The molecule has 0 saturated heterocycles. The Balaban J connectivity index is 3.35. The number of hydrogen-bond acceptors (Lipinski definition) is 1. The average Bonchev–Trinajstić information content (AvgIpc) is 2.21. The molecule has 0 spiro atoms. The van der Waals surface area contributed by atoms with Crippen LogP contribution in [-0.4, -0.2) is 6.29 Å². The maximum atomic E-state index is 9.92. The molecule has 0 atom stereocenters. The summed E-state index contributed by atoms with van der Waals surface area (Å²) in [5.41, 5.74) is 0. The molecule has 76 valence electrons. The molecule has 1 nitrogen and oxygen atoms in total. The molecule has 0 aromatic carbocycles. The van der Waals surface area contributed by atoms with Gasteiger partial charge in [0.2, 0.25) is 0 Å². The molecule has 0 aliphatic heterocycles. The monoisotopic (exact) mass is 190 g/mol. The maximum Gasteiger partial charge on any atom is 0.142 e. The van der Waals surface area contributed by atoms with Crippen LogP contribution in [0.1, 0.15) is 26.2 Å². The molecular weight excluding hydrogens is 172 g/mol. The van der Waals surface area contributed by atoms with Crippen LogP contribution in [0, 0.1) is 0 Å². The molecule has 0 aliphatic carbocycles. The smallest absolute Gasteiger partial charge is 0.142 e. The Bertz CT molecular complexity index is 232. The third-order valence-electron chi connectivity index (χ3n) is 1.62. The van der Waals surface area contributed by atoms with Crippen LogP contribution >= 0.6 is 0 Å². The Morgan fingerprint density at radius 1 is 0.857 bits per heavy atom. The summed E-state index contributed by atoms with van der Waals surface area (Å²) in [5, 5.41) is 0. The minimum Gasteiger partial charge on any atom is -0.299 e. The Morgan fingerprint density at radius 2 is 1.50 bits per heavy atom. The summed E-state index contributed by atoms with van der Waals surface area (Å²) in [5.74, 6) is 0. The molecule has 0 fully saturated rings. The van der Waals surface area contributed by atoms with E-state index in [0.717, 1.165) is 25.5 Å². The van der Waals surface area contributed by atoms with E-state index < -0.39 is 0 Å². The quantitative estimate of drug-likeness (QED) is 0.259. The van der Waals surface area contributed by atoms with Gasteiger partial charge in [-0.15, -0.1) is 0 Å².